The van der Waals surface area contributed by atoms with E-state index in [1.807, 2.05) is 0 Å². The van der Waals surface area contributed by atoms with Gasteiger partial charge in [-0.05, 0) is 30.5 Å². The molecule has 0 radical (unpaired) electrons. The summed E-state index contributed by atoms with van der Waals surface area (Å²) in [7, 11) is 0. The molecule has 20 heavy (non-hydrogen) atoms. The Kier molecular flexibility index (Phi) is 3.20. The summed E-state index contributed by atoms with van der Waals surface area (Å²) in [4.78, 5) is 26.1. The van der Waals surface area contributed by atoms with Gasteiger partial charge in [-0.25, -0.2) is 4.39 Å². The third kappa shape index (κ3) is 2.07. The number of piperazine rings is 1. The van der Waals surface area contributed by atoms with Crippen LogP contribution in [0.25, 0.3) is 0 Å². The minimum Gasteiger partial charge on any atom is -0.345 e. The van der Waals surface area contributed by atoms with Crippen molar-refractivity contribution < 1.29 is 14.0 Å². The van der Waals surface area contributed by atoms with Crippen LogP contribution in [-0.4, -0.2) is 28.8 Å². The summed E-state index contributed by atoms with van der Waals surface area (Å²) in [5, 5.41) is 2.69. The van der Waals surface area contributed by atoms with Crippen LogP contribution in [0.4, 0.5) is 4.39 Å². The van der Waals surface area contributed by atoms with Gasteiger partial charge in [0.25, 0.3) is 0 Å². The van der Waals surface area contributed by atoms with Crippen molar-refractivity contribution in [3.63, 3.8) is 0 Å². The van der Waals surface area contributed by atoms with Gasteiger partial charge in [-0.3, -0.25) is 9.59 Å². The maximum Gasteiger partial charge on any atom is 0.246 e. The smallest absolute Gasteiger partial charge is 0.246 e. The molecule has 2 amide bonds. The van der Waals surface area contributed by atoms with E-state index in [-0.39, 0.29) is 24.2 Å². The highest BCUT2D eigenvalue weighted by molar-refractivity contribution is 5.98. The lowest BCUT2D eigenvalue weighted by molar-refractivity contribution is -0.154. The number of halogens is 1. The molecule has 5 heteroatoms. The lowest BCUT2D eigenvalue weighted by Gasteiger charge is -2.43. The summed E-state index contributed by atoms with van der Waals surface area (Å²) < 4.78 is 13.3. The average Bonchev–Trinajstić information content (AvgIpc) is 2.90. The summed E-state index contributed by atoms with van der Waals surface area (Å²) in [5.74, 6) is -0.473. The van der Waals surface area contributed by atoms with Crippen molar-refractivity contribution in [2.24, 2.45) is 0 Å². The molecular weight excluding hydrogens is 259 g/mol. The normalized spacial score (nSPS) is 21.4. The van der Waals surface area contributed by atoms with Crippen molar-refractivity contribution in [1.29, 1.82) is 0 Å². The first-order valence-electron chi connectivity index (χ1n) is 6.95. The fraction of sp³-hybridized carbons (Fsp3) is 0.467. The van der Waals surface area contributed by atoms with Gasteiger partial charge in [0.15, 0.2) is 0 Å². The minimum absolute atomic E-state index is 0.0376. The number of nitrogens with one attached hydrogen (secondary N) is 1. The summed E-state index contributed by atoms with van der Waals surface area (Å²) in [6, 6.07) is 6.20. The maximum absolute atomic E-state index is 13.3. The Balaban J connectivity index is 1.91. The first-order chi connectivity index (χ1) is 9.62. The lowest BCUT2D eigenvalue weighted by Crippen LogP contribution is -2.65. The third-order valence-corrected chi connectivity index (χ3v) is 4.30. The Morgan fingerprint density at radius 2 is 2.00 bits per heavy atom. The second-order valence-corrected chi connectivity index (χ2v) is 5.53. The zero-order valence-electron chi connectivity index (χ0n) is 11.2. The molecule has 2 fully saturated rings. The number of carbonyl (C=O) groups is 2. The summed E-state index contributed by atoms with van der Waals surface area (Å²) >= 11 is 0. The average molecular weight is 276 g/mol. The molecule has 1 saturated heterocycles. The Morgan fingerprint density at radius 1 is 1.25 bits per heavy atom. The van der Waals surface area contributed by atoms with Crippen molar-refractivity contribution in [3.05, 3.63) is 35.6 Å². The molecule has 4 nitrogen and oxygen atoms in total. The van der Waals surface area contributed by atoms with Crippen LogP contribution in [0.5, 0.6) is 0 Å². The van der Waals surface area contributed by atoms with Gasteiger partial charge in [-0.2, -0.15) is 0 Å². The molecule has 1 spiro atoms. The summed E-state index contributed by atoms with van der Waals surface area (Å²) in [5.41, 5.74) is 0.00101. The number of hydrogen-bond acceptors (Lipinski definition) is 2. The Labute approximate surface area is 117 Å². The molecule has 1 N–H and O–H groups in total. The number of hydrogen-bond donors (Lipinski definition) is 1. The SMILES string of the molecule is O=C1CNC(=O)C2(CCCC2)N1Cc1cccc(F)c1. The fourth-order valence-electron chi connectivity index (χ4n) is 3.29. The van der Waals surface area contributed by atoms with Crippen LogP contribution in [0.15, 0.2) is 24.3 Å². The van der Waals surface area contributed by atoms with Gasteiger partial charge in [0.05, 0.1) is 6.54 Å². The summed E-state index contributed by atoms with van der Waals surface area (Å²) in [6.45, 7) is 0.333. The van der Waals surface area contributed by atoms with Crippen molar-refractivity contribution >= 4 is 11.8 Å². The fourth-order valence-corrected chi connectivity index (χ4v) is 3.29. The molecule has 1 aromatic rings. The second-order valence-electron chi connectivity index (χ2n) is 5.53. The van der Waals surface area contributed by atoms with E-state index in [1.165, 1.54) is 12.1 Å². The van der Waals surface area contributed by atoms with Gasteiger partial charge in [0.2, 0.25) is 11.8 Å². The van der Waals surface area contributed by atoms with E-state index in [2.05, 4.69) is 5.32 Å². The van der Waals surface area contributed by atoms with E-state index >= 15 is 0 Å². The van der Waals surface area contributed by atoms with Gasteiger partial charge >= 0.3 is 0 Å². The predicted molar refractivity (Wildman–Crippen MR) is 71.2 cm³/mol. The quantitative estimate of drug-likeness (QED) is 0.892. The molecule has 0 aromatic heterocycles. The van der Waals surface area contributed by atoms with E-state index in [0.29, 0.717) is 19.4 Å². The predicted octanol–water partition coefficient (Wildman–Crippen LogP) is 1.60. The van der Waals surface area contributed by atoms with E-state index in [1.54, 1.807) is 17.0 Å². The van der Waals surface area contributed by atoms with Crippen LogP contribution in [0, 0.1) is 5.82 Å². The van der Waals surface area contributed by atoms with E-state index < -0.39 is 5.54 Å². The number of nitrogens with zero attached hydrogens (tertiary/aromatic N) is 1. The molecule has 1 aliphatic heterocycles. The third-order valence-electron chi connectivity index (χ3n) is 4.30. The van der Waals surface area contributed by atoms with E-state index in [9.17, 15) is 14.0 Å². The monoisotopic (exact) mass is 276 g/mol. The Hall–Kier alpha value is -1.91. The zero-order chi connectivity index (χ0) is 14.2. The van der Waals surface area contributed by atoms with Crippen molar-refractivity contribution in [2.45, 2.75) is 37.8 Å². The van der Waals surface area contributed by atoms with Gasteiger partial charge in [-0.1, -0.05) is 25.0 Å². The standard InChI is InChI=1S/C15H17FN2O2/c16-12-5-3-4-11(8-12)10-18-13(19)9-17-14(20)15(18)6-1-2-7-15/h3-5,8H,1-2,6-7,9-10H2,(H,17,20). The molecule has 1 aromatic carbocycles. The molecule has 106 valence electrons. The van der Waals surface area contributed by atoms with Crippen LogP contribution >= 0.6 is 0 Å². The minimum atomic E-state index is -0.721. The van der Waals surface area contributed by atoms with Crippen molar-refractivity contribution in [2.75, 3.05) is 6.54 Å². The molecule has 3 rings (SSSR count). The Bertz CT molecular complexity index is 553. The van der Waals surface area contributed by atoms with Crippen LogP contribution in [0.3, 0.4) is 0 Å². The molecule has 1 heterocycles. The Morgan fingerprint density at radius 3 is 2.70 bits per heavy atom. The van der Waals surface area contributed by atoms with Crippen molar-refractivity contribution in [3.8, 4) is 0 Å². The van der Waals surface area contributed by atoms with E-state index in [4.69, 9.17) is 0 Å². The highest BCUT2D eigenvalue weighted by Gasteiger charge is 2.50. The zero-order valence-corrected chi connectivity index (χ0v) is 11.2. The maximum atomic E-state index is 13.3. The molecule has 0 bridgehead atoms. The molecular formula is C15H17FN2O2. The van der Waals surface area contributed by atoms with Crippen LogP contribution in [-0.2, 0) is 16.1 Å². The number of amides is 2. The molecule has 0 unspecified atom stereocenters. The van der Waals surface area contributed by atoms with Gasteiger partial charge in [-0.15, -0.1) is 0 Å². The van der Waals surface area contributed by atoms with Crippen LogP contribution < -0.4 is 5.32 Å². The first kappa shape index (κ1) is 13.1. The second kappa shape index (κ2) is 4.89. The lowest BCUT2D eigenvalue weighted by atomic mass is 9.90. The number of carbonyl (C=O) groups excluding carboxylic acids is 2. The molecule has 0 atom stereocenters. The first-order valence-corrected chi connectivity index (χ1v) is 6.95. The van der Waals surface area contributed by atoms with Crippen LogP contribution in [0.1, 0.15) is 31.2 Å². The molecule has 2 aliphatic rings. The largest absolute Gasteiger partial charge is 0.345 e. The molecule has 1 saturated carbocycles. The highest BCUT2D eigenvalue weighted by atomic mass is 19.1. The highest BCUT2D eigenvalue weighted by Crippen LogP contribution is 2.38. The van der Waals surface area contributed by atoms with E-state index in [0.717, 1.165) is 18.4 Å². The van der Waals surface area contributed by atoms with Gasteiger partial charge in [0.1, 0.15) is 11.4 Å². The van der Waals surface area contributed by atoms with Crippen molar-refractivity contribution in [1.82, 2.24) is 10.2 Å². The number of benzene rings is 1. The van der Waals surface area contributed by atoms with Gasteiger partial charge in [0, 0.05) is 6.54 Å². The topological polar surface area (TPSA) is 49.4 Å². The molecule has 1 aliphatic carbocycles. The summed E-state index contributed by atoms with van der Waals surface area (Å²) in [6.07, 6.45) is 3.28. The van der Waals surface area contributed by atoms with Gasteiger partial charge < -0.3 is 10.2 Å². The van der Waals surface area contributed by atoms with Crippen LogP contribution in [0.2, 0.25) is 0 Å². The number of rotatable bonds is 2.